The van der Waals surface area contributed by atoms with Gasteiger partial charge < -0.3 is 10.6 Å². The molecular formula is C21H16ClN5O7. The Morgan fingerprint density at radius 2 is 1.47 bits per heavy atom. The summed E-state index contributed by atoms with van der Waals surface area (Å²) in [5.74, 6) is -0.949. The van der Waals surface area contributed by atoms with Crippen LogP contribution in [0.2, 0.25) is 5.02 Å². The summed E-state index contributed by atoms with van der Waals surface area (Å²) in [6.45, 7) is 3.61. The number of carbonyl (C=O) groups is 1. The Morgan fingerprint density at radius 3 is 2.03 bits per heavy atom. The Kier molecular flexibility index (Phi) is 6.73. The van der Waals surface area contributed by atoms with Crippen LogP contribution >= 0.6 is 11.6 Å². The smallest absolute Gasteiger partial charge is 0.300 e. The lowest BCUT2D eigenvalue weighted by Crippen LogP contribution is -2.16. The fourth-order valence-corrected chi connectivity index (χ4v) is 3.39. The van der Waals surface area contributed by atoms with Gasteiger partial charge in [-0.05, 0) is 31.5 Å². The number of nitro benzene ring substituents is 3. The Labute approximate surface area is 196 Å². The fourth-order valence-electron chi connectivity index (χ4n) is 3.17. The number of hydrogen-bond acceptors (Lipinski definition) is 8. The van der Waals surface area contributed by atoms with Gasteiger partial charge in [0.1, 0.15) is 5.69 Å². The summed E-state index contributed by atoms with van der Waals surface area (Å²) >= 11 is 6.02. The summed E-state index contributed by atoms with van der Waals surface area (Å²) in [6.07, 6.45) is 0. The first-order valence-corrected chi connectivity index (χ1v) is 9.92. The van der Waals surface area contributed by atoms with Gasteiger partial charge in [-0.15, -0.1) is 0 Å². The van der Waals surface area contributed by atoms with E-state index >= 15 is 0 Å². The molecule has 3 aromatic rings. The number of nitrogens with one attached hydrogen (secondary N) is 2. The van der Waals surface area contributed by atoms with Crippen LogP contribution in [0.4, 0.5) is 34.1 Å². The van der Waals surface area contributed by atoms with Crippen molar-refractivity contribution in [2.45, 2.75) is 13.8 Å². The van der Waals surface area contributed by atoms with E-state index in [1.54, 1.807) is 19.1 Å². The number of amides is 1. The summed E-state index contributed by atoms with van der Waals surface area (Å²) in [5.41, 5.74) is -0.246. The lowest BCUT2D eigenvalue weighted by atomic mass is 10.1. The second-order valence-electron chi connectivity index (χ2n) is 7.22. The number of carbonyl (C=O) groups excluding carboxylic acids is 1. The molecule has 3 rings (SSSR count). The van der Waals surface area contributed by atoms with Crippen molar-refractivity contribution in [1.29, 1.82) is 0 Å². The van der Waals surface area contributed by atoms with Gasteiger partial charge in [-0.1, -0.05) is 29.3 Å². The maximum Gasteiger partial charge on any atom is 0.300 e. The number of nitro groups is 3. The normalized spacial score (nSPS) is 10.4. The van der Waals surface area contributed by atoms with Crippen LogP contribution in [-0.2, 0) is 0 Å². The molecule has 0 radical (unpaired) electrons. The molecular weight excluding hydrogens is 470 g/mol. The van der Waals surface area contributed by atoms with E-state index in [4.69, 9.17) is 11.6 Å². The highest BCUT2D eigenvalue weighted by atomic mass is 35.5. The maximum absolute atomic E-state index is 13.1. The Balaban J connectivity index is 2.13. The van der Waals surface area contributed by atoms with Gasteiger partial charge in [0.25, 0.3) is 23.0 Å². The molecule has 3 aromatic carbocycles. The summed E-state index contributed by atoms with van der Waals surface area (Å²) in [5, 5.41) is 39.1. The van der Waals surface area contributed by atoms with E-state index in [2.05, 4.69) is 10.6 Å². The van der Waals surface area contributed by atoms with Crippen LogP contribution in [0.25, 0.3) is 0 Å². The first kappa shape index (κ1) is 24.1. The zero-order valence-electron chi connectivity index (χ0n) is 17.7. The topological polar surface area (TPSA) is 171 Å². The van der Waals surface area contributed by atoms with Crippen molar-refractivity contribution in [3.8, 4) is 0 Å². The van der Waals surface area contributed by atoms with Crippen LogP contribution in [0.1, 0.15) is 21.5 Å². The molecule has 0 saturated heterocycles. The monoisotopic (exact) mass is 485 g/mol. The van der Waals surface area contributed by atoms with Crippen molar-refractivity contribution in [3.63, 3.8) is 0 Å². The van der Waals surface area contributed by atoms with Gasteiger partial charge in [-0.2, -0.15) is 0 Å². The Hall–Kier alpha value is -4.58. The third kappa shape index (κ3) is 5.07. The average Bonchev–Trinajstić information content (AvgIpc) is 2.76. The van der Waals surface area contributed by atoms with Gasteiger partial charge in [0.15, 0.2) is 0 Å². The van der Waals surface area contributed by atoms with Crippen molar-refractivity contribution in [2.75, 3.05) is 10.6 Å². The van der Waals surface area contributed by atoms with E-state index in [1.807, 2.05) is 13.0 Å². The van der Waals surface area contributed by atoms with Crippen LogP contribution in [0, 0.1) is 44.2 Å². The van der Waals surface area contributed by atoms with Crippen LogP contribution in [0.15, 0.2) is 48.5 Å². The molecule has 13 heteroatoms. The van der Waals surface area contributed by atoms with E-state index in [1.165, 1.54) is 6.07 Å². The van der Waals surface area contributed by atoms with Crippen molar-refractivity contribution in [3.05, 3.63) is 101 Å². The van der Waals surface area contributed by atoms with Crippen molar-refractivity contribution in [2.24, 2.45) is 0 Å². The average molecular weight is 486 g/mol. The molecule has 34 heavy (non-hydrogen) atoms. The minimum Gasteiger partial charge on any atom is -0.349 e. The van der Waals surface area contributed by atoms with E-state index < -0.39 is 37.6 Å². The molecule has 2 N–H and O–H groups in total. The van der Waals surface area contributed by atoms with Crippen LogP contribution in [-0.4, -0.2) is 20.7 Å². The quantitative estimate of drug-likeness (QED) is 0.318. The van der Waals surface area contributed by atoms with Crippen LogP contribution in [0.5, 0.6) is 0 Å². The highest BCUT2D eigenvalue weighted by Gasteiger charge is 2.28. The number of nitrogens with zero attached hydrogens (tertiary/aromatic N) is 3. The van der Waals surface area contributed by atoms with Crippen molar-refractivity contribution >= 4 is 51.6 Å². The van der Waals surface area contributed by atoms with E-state index in [9.17, 15) is 35.1 Å². The predicted molar refractivity (Wildman–Crippen MR) is 125 cm³/mol. The number of hydrogen-bond donors (Lipinski definition) is 2. The molecule has 0 atom stereocenters. The van der Waals surface area contributed by atoms with Gasteiger partial charge >= 0.3 is 0 Å². The van der Waals surface area contributed by atoms with Crippen molar-refractivity contribution < 1.29 is 19.6 Å². The molecule has 174 valence electrons. The third-order valence-electron chi connectivity index (χ3n) is 4.81. The molecule has 12 nitrogen and oxygen atoms in total. The van der Waals surface area contributed by atoms with Crippen LogP contribution in [0.3, 0.4) is 0 Å². The molecule has 0 unspecified atom stereocenters. The first-order chi connectivity index (χ1) is 16.0. The van der Waals surface area contributed by atoms with Crippen LogP contribution < -0.4 is 10.6 Å². The zero-order valence-corrected chi connectivity index (χ0v) is 18.5. The summed E-state index contributed by atoms with van der Waals surface area (Å²) in [6, 6.07) is 10.2. The fraction of sp³-hybridized carbons (Fsp3) is 0.0952. The van der Waals surface area contributed by atoms with E-state index in [0.717, 1.165) is 35.4 Å². The number of benzene rings is 3. The lowest BCUT2D eigenvalue weighted by molar-refractivity contribution is -0.393. The second kappa shape index (κ2) is 9.50. The molecule has 1 amide bonds. The standard InChI is InChI=1S/C21H16ClN5O7/c1-11-3-5-17(12(2)7-11)23-20-15(8-14(26(31)32)10-19(20)27(33)34)21(28)24-18-6-4-13(25(29)30)9-16(18)22/h3-10,23H,1-2H3,(H,24,28). The van der Waals surface area contributed by atoms with E-state index in [0.29, 0.717) is 5.69 Å². The molecule has 0 bridgehead atoms. The van der Waals surface area contributed by atoms with Gasteiger partial charge in [0.05, 0.1) is 37.1 Å². The maximum atomic E-state index is 13.1. The Bertz CT molecular complexity index is 1360. The third-order valence-corrected chi connectivity index (χ3v) is 5.12. The number of aryl methyl sites for hydroxylation is 2. The molecule has 0 heterocycles. The van der Waals surface area contributed by atoms with Gasteiger partial charge in [-0.3, -0.25) is 35.1 Å². The summed E-state index contributed by atoms with van der Waals surface area (Å²) in [7, 11) is 0. The van der Waals surface area contributed by atoms with Crippen molar-refractivity contribution in [1.82, 2.24) is 0 Å². The number of anilines is 3. The summed E-state index contributed by atoms with van der Waals surface area (Å²) in [4.78, 5) is 44.7. The molecule has 0 aromatic heterocycles. The molecule has 0 saturated carbocycles. The summed E-state index contributed by atoms with van der Waals surface area (Å²) < 4.78 is 0. The molecule has 0 fully saturated rings. The van der Waals surface area contributed by atoms with Gasteiger partial charge in [0.2, 0.25) is 0 Å². The Morgan fingerprint density at radius 1 is 0.824 bits per heavy atom. The van der Waals surface area contributed by atoms with Gasteiger partial charge in [0, 0.05) is 23.9 Å². The molecule has 0 aliphatic rings. The first-order valence-electron chi connectivity index (χ1n) is 9.54. The highest BCUT2D eigenvalue weighted by molar-refractivity contribution is 6.34. The number of non-ortho nitro benzene ring substituents is 2. The highest BCUT2D eigenvalue weighted by Crippen LogP contribution is 2.37. The predicted octanol–water partition coefficient (Wildman–Crippen LogP) is 5.68. The number of halogens is 1. The zero-order chi connectivity index (χ0) is 25.2. The minimum absolute atomic E-state index is 0.0242. The molecule has 0 aliphatic heterocycles. The van der Waals surface area contributed by atoms with Gasteiger partial charge in [-0.25, -0.2) is 0 Å². The molecule has 0 spiro atoms. The molecule has 0 aliphatic carbocycles. The number of rotatable bonds is 7. The SMILES string of the molecule is Cc1ccc(Nc2c(C(=O)Nc3ccc([N+](=O)[O-])cc3Cl)cc([N+](=O)[O-])cc2[N+](=O)[O-])c(C)c1. The minimum atomic E-state index is -0.949. The second-order valence-corrected chi connectivity index (χ2v) is 7.63. The van der Waals surface area contributed by atoms with E-state index in [-0.39, 0.29) is 22.1 Å². The largest absolute Gasteiger partial charge is 0.349 e. The lowest BCUT2D eigenvalue weighted by Gasteiger charge is -2.15.